The van der Waals surface area contributed by atoms with Crippen LogP contribution in [0.3, 0.4) is 0 Å². The zero-order valence-electron chi connectivity index (χ0n) is 9.17. The molecule has 17 heavy (non-hydrogen) atoms. The van der Waals surface area contributed by atoms with Crippen molar-refractivity contribution in [1.82, 2.24) is 4.98 Å². The summed E-state index contributed by atoms with van der Waals surface area (Å²) in [4.78, 5) is 4.27. The molecule has 3 rings (SSSR count). The smallest absolute Gasteiger partial charge is 0.139 e. The average Bonchev–Trinajstić information content (AvgIpc) is 2.86. The van der Waals surface area contributed by atoms with Gasteiger partial charge in [0.1, 0.15) is 12.4 Å². The van der Waals surface area contributed by atoms with Gasteiger partial charge in [0.2, 0.25) is 0 Å². The lowest BCUT2D eigenvalue weighted by molar-refractivity contribution is 0.310. The largest absolute Gasteiger partial charge is 0.487 e. The molecule has 1 aromatic heterocycles. The van der Waals surface area contributed by atoms with Crippen molar-refractivity contribution < 1.29 is 4.74 Å². The van der Waals surface area contributed by atoms with E-state index in [1.165, 1.54) is 5.56 Å². The van der Waals surface area contributed by atoms with Gasteiger partial charge in [-0.15, -0.1) is 11.3 Å². The van der Waals surface area contributed by atoms with Crippen molar-refractivity contribution in [2.75, 3.05) is 0 Å². The summed E-state index contributed by atoms with van der Waals surface area (Å²) < 4.78 is 6.95. The Kier molecular flexibility index (Phi) is 2.76. The average molecular weight is 241 g/mol. The summed E-state index contributed by atoms with van der Waals surface area (Å²) in [5, 5.41) is 0. The molecular formula is C14H11NOS. The molecule has 0 atom stereocenters. The molecule has 3 heteroatoms. The van der Waals surface area contributed by atoms with Gasteiger partial charge in [0, 0.05) is 0 Å². The van der Waals surface area contributed by atoms with Crippen LogP contribution >= 0.6 is 11.3 Å². The molecule has 0 radical (unpaired) electrons. The number of benzene rings is 2. The molecule has 0 saturated heterocycles. The van der Waals surface area contributed by atoms with Crippen LogP contribution in [0.2, 0.25) is 0 Å². The molecule has 1 heterocycles. The molecule has 0 aliphatic rings. The second-order valence-electron chi connectivity index (χ2n) is 3.73. The summed E-state index contributed by atoms with van der Waals surface area (Å²) in [6.45, 7) is 0.595. The molecule has 0 saturated carbocycles. The Labute approximate surface area is 104 Å². The van der Waals surface area contributed by atoms with Crippen LogP contribution in [0.15, 0.2) is 54.0 Å². The summed E-state index contributed by atoms with van der Waals surface area (Å²) in [7, 11) is 0. The van der Waals surface area contributed by atoms with Crippen LogP contribution in [0.1, 0.15) is 5.56 Å². The Morgan fingerprint density at radius 1 is 1.00 bits per heavy atom. The second-order valence-corrected chi connectivity index (χ2v) is 4.59. The fraction of sp³-hybridized carbons (Fsp3) is 0.0714. The highest BCUT2D eigenvalue weighted by Gasteiger charge is 2.04. The van der Waals surface area contributed by atoms with Crippen LogP contribution in [0, 0.1) is 0 Å². The van der Waals surface area contributed by atoms with Crippen LogP contribution < -0.4 is 4.74 Å². The van der Waals surface area contributed by atoms with Gasteiger partial charge in [0.25, 0.3) is 0 Å². The summed E-state index contributed by atoms with van der Waals surface area (Å²) >= 11 is 1.61. The maximum absolute atomic E-state index is 5.83. The van der Waals surface area contributed by atoms with E-state index in [9.17, 15) is 0 Å². The first-order valence-corrected chi connectivity index (χ1v) is 6.30. The second kappa shape index (κ2) is 4.55. The fourth-order valence-electron chi connectivity index (χ4n) is 1.71. The normalized spacial score (nSPS) is 10.6. The third-order valence-corrected chi connectivity index (χ3v) is 3.41. The van der Waals surface area contributed by atoms with Crippen molar-refractivity contribution in [1.29, 1.82) is 0 Å². The van der Waals surface area contributed by atoms with Crippen molar-refractivity contribution in [2.24, 2.45) is 0 Å². The molecule has 0 aliphatic heterocycles. The van der Waals surface area contributed by atoms with Gasteiger partial charge in [-0.05, 0) is 17.7 Å². The SMILES string of the molecule is c1ccc(COc2cccc3ncsc23)cc1. The van der Waals surface area contributed by atoms with E-state index in [4.69, 9.17) is 4.74 Å². The van der Waals surface area contributed by atoms with E-state index in [1.807, 2.05) is 41.9 Å². The molecule has 0 aliphatic carbocycles. The van der Waals surface area contributed by atoms with E-state index < -0.39 is 0 Å². The van der Waals surface area contributed by atoms with Gasteiger partial charge in [-0.25, -0.2) is 4.98 Å². The van der Waals surface area contributed by atoms with E-state index >= 15 is 0 Å². The van der Waals surface area contributed by atoms with Gasteiger partial charge in [-0.3, -0.25) is 0 Å². The quantitative estimate of drug-likeness (QED) is 0.694. The maximum Gasteiger partial charge on any atom is 0.139 e. The van der Waals surface area contributed by atoms with Gasteiger partial charge >= 0.3 is 0 Å². The van der Waals surface area contributed by atoms with Crippen molar-refractivity contribution in [3.63, 3.8) is 0 Å². The lowest BCUT2D eigenvalue weighted by Crippen LogP contribution is -1.94. The first-order chi connectivity index (χ1) is 8.43. The Bertz CT molecular complexity index is 618. The number of ether oxygens (including phenoxy) is 1. The molecule has 0 fully saturated rings. The minimum atomic E-state index is 0.595. The van der Waals surface area contributed by atoms with E-state index in [2.05, 4.69) is 17.1 Å². The predicted molar refractivity (Wildman–Crippen MR) is 70.4 cm³/mol. The van der Waals surface area contributed by atoms with Gasteiger partial charge in [-0.1, -0.05) is 36.4 Å². The Morgan fingerprint density at radius 2 is 1.88 bits per heavy atom. The molecule has 0 unspecified atom stereocenters. The summed E-state index contributed by atoms with van der Waals surface area (Å²) in [5.74, 6) is 0.911. The van der Waals surface area contributed by atoms with Crippen LogP contribution in [0.25, 0.3) is 10.2 Å². The predicted octanol–water partition coefficient (Wildman–Crippen LogP) is 3.88. The number of aromatic nitrogens is 1. The first-order valence-electron chi connectivity index (χ1n) is 5.42. The van der Waals surface area contributed by atoms with E-state index in [1.54, 1.807) is 11.3 Å². The zero-order chi connectivity index (χ0) is 11.5. The third kappa shape index (κ3) is 2.15. The number of thiazole rings is 1. The minimum Gasteiger partial charge on any atom is -0.487 e. The first kappa shape index (κ1) is 10.3. The minimum absolute atomic E-state index is 0.595. The summed E-state index contributed by atoms with van der Waals surface area (Å²) in [6, 6.07) is 16.1. The van der Waals surface area contributed by atoms with E-state index in [-0.39, 0.29) is 0 Å². The number of fused-ring (bicyclic) bond motifs is 1. The van der Waals surface area contributed by atoms with Crippen LogP contribution in [0.5, 0.6) is 5.75 Å². The molecule has 3 aromatic rings. The van der Waals surface area contributed by atoms with Crippen molar-refractivity contribution in [3.8, 4) is 5.75 Å². The fourth-order valence-corrected chi connectivity index (χ4v) is 2.47. The zero-order valence-corrected chi connectivity index (χ0v) is 9.98. The number of hydrogen-bond donors (Lipinski definition) is 0. The molecule has 0 N–H and O–H groups in total. The summed E-state index contributed by atoms with van der Waals surface area (Å²) in [6.07, 6.45) is 0. The number of nitrogens with zero attached hydrogens (tertiary/aromatic N) is 1. The molecule has 0 bridgehead atoms. The highest BCUT2D eigenvalue weighted by atomic mass is 32.1. The van der Waals surface area contributed by atoms with Crippen molar-refractivity contribution in [3.05, 3.63) is 59.6 Å². The highest BCUT2D eigenvalue weighted by molar-refractivity contribution is 7.17. The van der Waals surface area contributed by atoms with Crippen LogP contribution in [-0.2, 0) is 6.61 Å². The van der Waals surface area contributed by atoms with Crippen molar-refractivity contribution >= 4 is 21.6 Å². The Morgan fingerprint density at radius 3 is 2.76 bits per heavy atom. The van der Waals surface area contributed by atoms with E-state index in [0.717, 1.165) is 16.0 Å². The topological polar surface area (TPSA) is 22.1 Å². The molecule has 2 aromatic carbocycles. The van der Waals surface area contributed by atoms with Gasteiger partial charge in [0.05, 0.1) is 15.7 Å². The highest BCUT2D eigenvalue weighted by Crippen LogP contribution is 2.28. The monoisotopic (exact) mass is 241 g/mol. The summed E-state index contributed by atoms with van der Waals surface area (Å²) in [5.41, 5.74) is 4.02. The molecule has 84 valence electrons. The van der Waals surface area contributed by atoms with Crippen LogP contribution in [0.4, 0.5) is 0 Å². The third-order valence-electron chi connectivity index (χ3n) is 2.56. The molecule has 0 amide bonds. The number of rotatable bonds is 3. The molecular weight excluding hydrogens is 230 g/mol. The lowest BCUT2D eigenvalue weighted by Gasteiger charge is -2.06. The van der Waals surface area contributed by atoms with Crippen molar-refractivity contribution in [2.45, 2.75) is 6.61 Å². The standard InChI is InChI=1S/C14H11NOS/c1-2-5-11(6-3-1)9-16-13-8-4-7-12-14(13)17-10-15-12/h1-8,10H,9H2. The van der Waals surface area contributed by atoms with Crippen LogP contribution in [-0.4, -0.2) is 4.98 Å². The Hall–Kier alpha value is -1.87. The van der Waals surface area contributed by atoms with Gasteiger partial charge in [0.15, 0.2) is 0 Å². The number of hydrogen-bond acceptors (Lipinski definition) is 3. The van der Waals surface area contributed by atoms with E-state index in [0.29, 0.717) is 6.61 Å². The Balaban J connectivity index is 1.84. The maximum atomic E-state index is 5.83. The molecule has 0 spiro atoms. The molecule has 2 nitrogen and oxygen atoms in total. The lowest BCUT2D eigenvalue weighted by atomic mass is 10.2. The van der Waals surface area contributed by atoms with Gasteiger partial charge in [-0.2, -0.15) is 0 Å². The van der Waals surface area contributed by atoms with Gasteiger partial charge < -0.3 is 4.74 Å².